The van der Waals surface area contributed by atoms with Gasteiger partial charge in [0.1, 0.15) is 23.5 Å². The van der Waals surface area contributed by atoms with Gasteiger partial charge in [-0.2, -0.15) is 10.5 Å². The van der Waals surface area contributed by atoms with Crippen molar-refractivity contribution in [2.24, 2.45) is 0 Å². The monoisotopic (exact) mass is 559 g/mol. The van der Waals surface area contributed by atoms with Crippen LogP contribution in [0, 0.1) is 43.4 Å². The molecule has 42 heavy (non-hydrogen) atoms. The molecule has 0 spiro atoms. The Bertz CT molecular complexity index is 2110. The molecular weight excluding hydrogens is 534 g/mol. The van der Waals surface area contributed by atoms with E-state index in [0.29, 0.717) is 0 Å². The standard InChI is InChI=1S/C37H25N3OS/c1-22-16-23(2)35(24(3)17-22)33-19-31-30-11-7-10-29-28(34-15-12-27(42-34)18-25(20-38)21-39)13-14-32(36(29)30)40(37(31)41-33)26-8-5-4-6-9-26/h4-19H,1-3H3. The van der Waals surface area contributed by atoms with Crippen LogP contribution in [-0.2, 0) is 0 Å². The van der Waals surface area contributed by atoms with Crippen molar-refractivity contribution >= 4 is 45.4 Å². The van der Waals surface area contributed by atoms with Gasteiger partial charge in [0, 0.05) is 32.0 Å². The summed E-state index contributed by atoms with van der Waals surface area (Å²) in [4.78, 5) is 4.18. The summed E-state index contributed by atoms with van der Waals surface area (Å²) >= 11 is 1.57. The number of anilines is 3. The average molecular weight is 560 g/mol. The van der Waals surface area contributed by atoms with E-state index in [2.05, 4.69) is 105 Å². The van der Waals surface area contributed by atoms with Gasteiger partial charge in [-0.3, -0.25) is 4.90 Å². The first-order valence-corrected chi connectivity index (χ1v) is 14.5. The van der Waals surface area contributed by atoms with Crippen LogP contribution in [0.25, 0.3) is 49.7 Å². The molecule has 0 fully saturated rings. The van der Waals surface area contributed by atoms with Crippen molar-refractivity contribution in [3.63, 3.8) is 0 Å². The number of fused-ring (bicyclic) bond motifs is 2. The number of aryl methyl sites for hydroxylation is 3. The summed E-state index contributed by atoms with van der Waals surface area (Å²) in [5, 5.41) is 20.7. The van der Waals surface area contributed by atoms with Crippen molar-refractivity contribution in [1.82, 2.24) is 0 Å². The summed E-state index contributed by atoms with van der Waals surface area (Å²) in [5.74, 6) is 1.67. The zero-order valence-electron chi connectivity index (χ0n) is 23.4. The quantitative estimate of drug-likeness (QED) is 0.201. The maximum Gasteiger partial charge on any atom is 0.213 e. The molecule has 0 saturated carbocycles. The molecule has 1 aliphatic rings. The number of furan rings is 1. The number of nitriles is 2. The molecule has 0 amide bonds. The molecule has 0 saturated heterocycles. The average Bonchev–Trinajstić information content (AvgIpc) is 3.64. The van der Waals surface area contributed by atoms with E-state index in [1.54, 1.807) is 17.4 Å². The Morgan fingerprint density at radius 2 is 1.55 bits per heavy atom. The molecule has 4 nitrogen and oxygen atoms in total. The summed E-state index contributed by atoms with van der Waals surface area (Å²) in [6.45, 7) is 6.42. The Kier molecular flexibility index (Phi) is 6.05. The third kappa shape index (κ3) is 4.03. The lowest BCUT2D eigenvalue weighted by molar-refractivity contribution is 0.588. The van der Waals surface area contributed by atoms with Gasteiger partial charge in [-0.05, 0) is 90.9 Å². The maximum atomic E-state index is 9.21. The molecule has 7 rings (SSSR count). The molecule has 2 aromatic heterocycles. The van der Waals surface area contributed by atoms with Crippen molar-refractivity contribution in [3.8, 4) is 45.0 Å². The SMILES string of the molecule is Cc1cc(C)c(-c2cc3c(o2)N(c2ccccc2)c2ccc(-c4ccc(C=C(C#N)C#N)s4)c4cccc-3c24)c(C)c1. The second-order valence-corrected chi connectivity index (χ2v) is 11.7. The molecule has 3 heterocycles. The number of benzene rings is 4. The van der Waals surface area contributed by atoms with Crippen LogP contribution in [0.15, 0.2) is 101 Å². The predicted octanol–water partition coefficient (Wildman–Crippen LogP) is 10.6. The molecule has 0 unspecified atom stereocenters. The van der Waals surface area contributed by atoms with E-state index in [-0.39, 0.29) is 5.57 Å². The summed E-state index contributed by atoms with van der Waals surface area (Å²) < 4.78 is 6.79. The Morgan fingerprint density at radius 1 is 0.786 bits per heavy atom. The first kappa shape index (κ1) is 25.6. The van der Waals surface area contributed by atoms with E-state index < -0.39 is 0 Å². The Morgan fingerprint density at radius 3 is 2.29 bits per heavy atom. The minimum Gasteiger partial charge on any atom is -0.439 e. The molecule has 6 aromatic rings. The number of hydrogen-bond acceptors (Lipinski definition) is 5. The lowest BCUT2D eigenvalue weighted by Crippen LogP contribution is -2.13. The topological polar surface area (TPSA) is 64.0 Å². The lowest BCUT2D eigenvalue weighted by atomic mass is 9.90. The third-order valence-corrected chi connectivity index (χ3v) is 8.89. The second-order valence-electron chi connectivity index (χ2n) is 10.6. The Hall–Kier alpha value is -5.36. The van der Waals surface area contributed by atoms with Gasteiger partial charge in [0.2, 0.25) is 5.88 Å². The van der Waals surface area contributed by atoms with Gasteiger partial charge in [0.15, 0.2) is 0 Å². The number of thiophene rings is 1. The van der Waals surface area contributed by atoms with Gasteiger partial charge in [-0.25, -0.2) is 0 Å². The Labute approximate surface area is 248 Å². The molecular formula is C37H25N3OS. The third-order valence-electron chi connectivity index (χ3n) is 7.82. The van der Waals surface area contributed by atoms with Crippen LogP contribution < -0.4 is 4.90 Å². The highest BCUT2D eigenvalue weighted by atomic mass is 32.1. The van der Waals surface area contributed by atoms with E-state index in [9.17, 15) is 10.5 Å². The van der Waals surface area contributed by atoms with Gasteiger partial charge >= 0.3 is 0 Å². The van der Waals surface area contributed by atoms with E-state index in [1.807, 2.05) is 24.3 Å². The van der Waals surface area contributed by atoms with Crippen molar-refractivity contribution in [3.05, 3.63) is 118 Å². The van der Waals surface area contributed by atoms with E-state index in [1.165, 1.54) is 16.7 Å². The predicted molar refractivity (Wildman–Crippen MR) is 172 cm³/mol. The fraction of sp³-hybridized carbons (Fsp3) is 0.0811. The van der Waals surface area contributed by atoms with Crippen molar-refractivity contribution in [2.45, 2.75) is 20.8 Å². The summed E-state index contributed by atoms with van der Waals surface area (Å²) in [5.41, 5.74) is 10.3. The first-order valence-electron chi connectivity index (χ1n) is 13.7. The van der Waals surface area contributed by atoms with Crippen LogP contribution in [0.5, 0.6) is 0 Å². The number of nitrogens with zero attached hydrogens (tertiary/aromatic N) is 3. The zero-order valence-corrected chi connectivity index (χ0v) is 24.2. The van der Waals surface area contributed by atoms with Gasteiger partial charge in [-0.15, -0.1) is 11.3 Å². The molecule has 0 aliphatic carbocycles. The van der Waals surface area contributed by atoms with Crippen molar-refractivity contribution in [1.29, 1.82) is 10.5 Å². The minimum absolute atomic E-state index is 0.0983. The number of hydrogen-bond donors (Lipinski definition) is 0. The molecule has 0 bridgehead atoms. The molecule has 4 aromatic carbocycles. The van der Waals surface area contributed by atoms with E-state index in [4.69, 9.17) is 4.42 Å². The van der Waals surface area contributed by atoms with Crippen molar-refractivity contribution in [2.75, 3.05) is 4.90 Å². The first-order chi connectivity index (χ1) is 20.5. The van der Waals surface area contributed by atoms with Crippen LogP contribution in [0.1, 0.15) is 21.6 Å². The van der Waals surface area contributed by atoms with Gasteiger partial charge in [-0.1, -0.05) is 60.2 Å². The summed E-state index contributed by atoms with van der Waals surface area (Å²) in [6.07, 6.45) is 1.64. The highest BCUT2D eigenvalue weighted by Crippen LogP contribution is 2.55. The molecule has 0 radical (unpaired) electrons. The largest absolute Gasteiger partial charge is 0.439 e. The van der Waals surface area contributed by atoms with Crippen LogP contribution >= 0.6 is 11.3 Å². The minimum atomic E-state index is 0.0983. The van der Waals surface area contributed by atoms with E-state index in [0.717, 1.165) is 65.8 Å². The van der Waals surface area contributed by atoms with Gasteiger partial charge < -0.3 is 4.42 Å². The molecule has 0 N–H and O–H groups in total. The lowest BCUT2D eigenvalue weighted by Gasteiger charge is -2.30. The molecule has 5 heteroatoms. The number of rotatable bonds is 4. The summed E-state index contributed by atoms with van der Waals surface area (Å²) in [6, 6.07) is 35.7. The Balaban J connectivity index is 1.48. The van der Waals surface area contributed by atoms with Crippen LogP contribution in [-0.4, -0.2) is 0 Å². The smallest absolute Gasteiger partial charge is 0.213 e. The molecule has 200 valence electrons. The van der Waals surface area contributed by atoms with Gasteiger partial charge in [0.25, 0.3) is 0 Å². The summed E-state index contributed by atoms with van der Waals surface area (Å²) in [7, 11) is 0. The van der Waals surface area contributed by atoms with Gasteiger partial charge in [0.05, 0.1) is 5.69 Å². The van der Waals surface area contributed by atoms with Crippen molar-refractivity contribution < 1.29 is 4.42 Å². The fourth-order valence-electron chi connectivity index (χ4n) is 6.20. The van der Waals surface area contributed by atoms with Crippen LogP contribution in [0.4, 0.5) is 17.3 Å². The number of para-hydroxylation sites is 1. The zero-order chi connectivity index (χ0) is 29.0. The van der Waals surface area contributed by atoms with Crippen LogP contribution in [0.2, 0.25) is 0 Å². The molecule has 0 atom stereocenters. The number of allylic oxidation sites excluding steroid dienone is 1. The van der Waals surface area contributed by atoms with Crippen LogP contribution in [0.3, 0.4) is 0 Å². The highest BCUT2D eigenvalue weighted by Gasteiger charge is 2.31. The normalized spacial score (nSPS) is 11.6. The molecule has 1 aliphatic heterocycles. The highest BCUT2D eigenvalue weighted by molar-refractivity contribution is 7.16. The fourth-order valence-corrected chi connectivity index (χ4v) is 7.19. The second kappa shape index (κ2) is 9.93. The maximum absolute atomic E-state index is 9.21. The van der Waals surface area contributed by atoms with E-state index >= 15 is 0 Å².